The smallest absolute Gasteiger partial charge is 0.356 e. The summed E-state index contributed by atoms with van der Waals surface area (Å²) in [5.74, 6) is -0.587. The van der Waals surface area contributed by atoms with Crippen molar-refractivity contribution in [3.05, 3.63) is 70.6 Å². The maximum atomic E-state index is 13.2. The molecule has 0 bridgehead atoms. The number of nitrogens with one attached hydrogen (secondary N) is 1. The molecule has 1 amide bonds. The highest BCUT2D eigenvalue weighted by atomic mass is 35.5. The van der Waals surface area contributed by atoms with Crippen LogP contribution in [0, 0.1) is 5.92 Å². The number of carbonyl (C=O) groups excluding carboxylic acids is 1. The zero-order valence-electron chi connectivity index (χ0n) is 16.0. The maximum absolute atomic E-state index is 13.2. The third-order valence-corrected chi connectivity index (χ3v) is 4.79. The van der Waals surface area contributed by atoms with Crippen molar-refractivity contribution in [2.24, 2.45) is 5.92 Å². The van der Waals surface area contributed by atoms with Gasteiger partial charge in [0.1, 0.15) is 5.65 Å². The molecule has 154 valence electrons. The van der Waals surface area contributed by atoms with Gasteiger partial charge in [-0.05, 0) is 29.7 Å². The van der Waals surface area contributed by atoms with E-state index in [0.29, 0.717) is 28.5 Å². The molecule has 1 N–H and O–H groups in total. The van der Waals surface area contributed by atoms with E-state index >= 15 is 0 Å². The lowest BCUT2D eigenvalue weighted by Crippen LogP contribution is -2.29. The fourth-order valence-electron chi connectivity index (χ4n) is 3.13. The Morgan fingerprint density at radius 1 is 1.24 bits per heavy atom. The molecule has 0 radical (unpaired) electrons. The molecule has 8 heteroatoms. The summed E-state index contributed by atoms with van der Waals surface area (Å²) in [5.41, 5.74) is 0.834. The average molecular weight is 424 g/mol. The van der Waals surface area contributed by atoms with E-state index in [1.807, 2.05) is 13.8 Å². The second-order valence-corrected chi connectivity index (χ2v) is 7.77. The lowest BCUT2D eigenvalue weighted by molar-refractivity contribution is -0.137. The highest BCUT2D eigenvalue weighted by Gasteiger charge is 2.32. The molecule has 0 aliphatic heterocycles. The van der Waals surface area contributed by atoms with Crippen molar-refractivity contribution in [1.29, 1.82) is 0 Å². The van der Waals surface area contributed by atoms with E-state index in [4.69, 9.17) is 11.6 Å². The largest absolute Gasteiger partial charge is 0.416 e. The first kappa shape index (κ1) is 21.2. The Morgan fingerprint density at radius 3 is 2.69 bits per heavy atom. The van der Waals surface area contributed by atoms with Gasteiger partial charge >= 0.3 is 6.18 Å². The molecule has 2 heterocycles. The second-order valence-electron chi connectivity index (χ2n) is 7.34. The third-order valence-electron chi connectivity index (χ3n) is 4.57. The number of amides is 1. The summed E-state index contributed by atoms with van der Waals surface area (Å²) in [4.78, 5) is 16.8. The van der Waals surface area contributed by atoms with Gasteiger partial charge in [0.2, 0.25) is 5.91 Å². The van der Waals surface area contributed by atoms with E-state index in [1.54, 1.807) is 35.0 Å². The van der Waals surface area contributed by atoms with Crippen molar-refractivity contribution in [2.45, 2.75) is 32.4 Å². The zero-order chi connectivity index (χ0) is 21.2. The van der Waals surface area contributed by atoms with E-state index in [0.717, 1.165) is 12.1 Å². The second kappa shape index (κ2) is 8.45. The number of aromatic nitrogens is 2. The van der Waals surface area contributed by atoms with Gasteiger partial charge in [-0.15, -0.1) is 0 Å². The van der Waals surface area contributed by atoms with Gasteiger partial charge in [-0.1, -0.05) is 43.6 Å². The van der Waals surface area contributed by atoms with Gasteiger partial charge in [-0.25, -0.2) is 4.98 Å². The highest BCUT2D eigenvalue weighted by molar-refractivity contribution is 6.30. The number of pyridine rings is 1. The highest BCUT2D eigenvalue weighted by Crippen LogP contribution is 2.34. The lowest BCUT2D eigenvalue weighted by atomic mass is 9.91. The van der Waals surface area contributed by atoms with Crippen molar-refractivity contribution in [3.63, 3.8) is 0 Å². The minimum absolute atomic E-state index is 0.00562. The predicted octanol–water partition coefficient (Wildman–Crippen LogP) is 5.30. The molecule has 3 rings (SSSR count). The molecule has 1 atom stereocenters. The van der Waals surface area contributed by atoms with Crippen molar-refractivity contribution in [2.75, 3.05) is 6.54 Å². The van der Waals surface area contributed by atoms with Crippen molar-refractivity contribution < 1.29 is 18.0 Å². The monoisotopic (exact) mass is 423 g/mol. The minimum atomic E-state index is -4.47. The first-order valence-electron chi connectivity index (χ1n) is 9.21. The van der Waals surface area contributed by atoms with Gasteiger partial charge in [0, 0.05) is 31.3 Å². The van der Waals surface area contributed by atoms with Crippen LogP contribution in [-0.2, 0) is 11.0 Å². The van der Waals surface area contributed by atoms with Crippen LogP contribution in [0.15, 0.2) is 48.8 Å². The van der Waals surface area contributed by atoms with E-state index in [1.165, 1.54) is 6.07 Å². The molecule has 0 saturated carbocycles. The van der Waals surface area contributed by atoms with Crippen LogP contribution in [0.4, 0.5) is 13.2 Å². The summed E-state index contributed by atoms with van der Waals surface area (Å²) in [6.07, 6.45) is -1.25. The molecular formula is C21H21ClF3N3O. The number of nitrogens with zero attached hydrogens (tertiary/aromatic N) is 2. The first-order chi connectivity index (χ1) is 13.6. The van der Waals surface area contributed by atoms with Gasteiger partial charge in [-0.3, -0.25) is 4.79 Å². The molecule has 0 aliphatic carbocycles. The lowest BCUT2D eigenvalue weighted by Gasteiger charge is -2.19. The normalized spacial score (nSPS) is 13.1. The van der Waals surface area contributed by atoms with Crippen LogP contribution in [-0.4, -0.2) is 21.8 Å². The Bertz CT molecular complexity index is 1010. The van der Waals surface area contributed by atoms with Gasteiger partial charge in [0.05, 0.1) is 16.3 Å². The summed E-state index contributed by atoms with van der Waals surface area (Å²) in [6, 6.07) is 8.46. The number of benzene rings is 1. The van der Waals surface area contributed by atoms with Crippen LogP contribution in [0.3, 0.4) is 0 Å². The number of carbonyl (C=O) groups is 1. The van der Waals surface area contributed by atoms with Crippen LogP contribution >= 0.6 is 11.6 Å². The van der Waals surface area contributed by atoms with E-state index in [9.17, 15) is 18.0 Å². The van der Waals surface area contributed by atoms with Gasteiger partial charge in [0.25, 0.3) is 0 Å². The fourth-order valence-corrected chi connectivity index (χ4v) is 3.29. The van der Waals surface area contributed by atoms with Crippen LogP contribution in [0.5, 0.6) is 0 Å². The van der Waals surface area contributed by atoms with Crippen molar-refractivity contribution in [1.82, 2.24) is 14.7 Å². The molecule has 0 saturated heterocycles. The van der Waals surface area contributed by atoms with E-state index in [-0.39, 0.29) is 18.2 Å². The third kappa shape index (κ3) is 5.09. The predicted molar refractivity (Wildman–Crippen MR) is 106 cm³/mol. The Kier molecular flexibility index (Phi) is 6.17. The summed E-state index contributed by atoms with van der Waals surface area (Å²) < 4.78 is 41.4. The first-order valence-corrected chi connectivity index (χ1v) is 9.59. The van der Waals surface area contributed by atoms with E-state index in [2.05, 4.69) is 10.3 Å². The van der Waals surface area contributed by atoms with Crippen LogP contribution in [0.2, 0.25) is 5.02 Å². The minimum Gasteiger partial charge on any atom is -0.356 e. The maximum Gasteiger partial charge on any atom is 0.416 e. The molecule has 1 aromatic carbocycles. The molecule has 0 spiro atoms. The summed E-state index contributed by atoms with van der Waals surface area (Å²) in [7, 11) is 0. The van der Waals surface area contributed by atoms with E-state index < -0.39 is 17.7 Å². The van der Waals surface area contributed by atoms with Crippen molar-refractivity contribution in [3.8, 4) is 0 Å². The molecule has 29 heavy (non-hydrogen) atoms. The number of halogens is 4. The molecule has 4 nitrogen and oxygen atoms in total. The Balaban J connectivity index is 2.04. The van der Waals surface area contributed by atoms with Crippen LogP contribution in [0.1, 0.15) is 43.0 Å². The van der Waals surface area contributed by atoms with Crippen molar-refractivity contribution >= 4 is 23.2 Å². The number of imidazole rings is 1. The zero-order valence-corrected chi connectivity index (χ0v) is 16.8. The molecule has 1 unspecified atom stereocenters. The molecular weight excluding hydrogens is 403 g/mol. The molecule has 2 aromatic heterocycles. The number of fused-ring (bicyclic) bond motifs is 1. The average Bonchev–Trinajstić information content (AvgIpc) is 3.06. The Morgan fingerprint density at radius 2 is 2.00 bits per heavy atom. The van der Waals surface area contributed by atoms with Gasteiger partial charge in [-0.2, -0.15) is 13.2 Å². The number of alkyl halides is 3. The Hall–Kier alpha value is -2.54. The Labute approximate surface area is 171 Å². The van der Waals surface area contributed by atoms with Gasteiger partial charge in [0.15, 0.2) is 0 Å². The molecule has 0 fully saturated rings. The molecule has 0 aliphatic rings. The van der Waals surface area contributed by atoms with Crippen LogP contribution in [0.25, 0.3) is 5.65 Å². The standard InChI is InChI=1S/C21H21ClF3N3O/c1-13(2)10-27-20(29)9-17(14-4-3-5-15(8-14)21(23,24)25)18-11-26-19-7-6-16(22)12-28(18)19/h3-8,11-13,17H,9-10H2,1-2H3,(H,27,29). The summed E-state index contributed by atoms with van der Waals surface area (Å²) >= 11 is 6.10. The van der Waals surface area contributed by atoms with Crippen LogP contribution < -0.4 is 5.32 Å². The SMILES string of the molecule is CC(C)CNC(=O)CC(c1cccc(C(F)(F)F)c1)c1cnc2ccc(Cl)cn12. The quantitative estimate of drug-likeness (QED) is 0.584. The summed E-state index contributed by atoms with van der Waals surface area (Å²) in [5, 5.41) is 3.29. The van der Waals surface area contributed by atoms with Gasteiger partial charge < -0.3 is 9.72 Å². The number of hydrogen-bond donors (Lipinski definition) is 1. The topological polar surface area (TPSA) is 46.4 Å². The fraction of sp³-hybridized carbons (Fsp3) is 0.333. The number of hydrogen-bond acceptors (Lipinski definition) is 2. The molecule has 3 aromatic rings. The summed E-state index contributed by atoms with van der Waals surface area (Å²) in [6.45, 7) is 4.43. The number of rotatable bonds is 6.